The first kappa shape index (κ1) is 17.3. The Morgan fingerprint density at radius 1 is 1.36 bits per heavy atom. The van der Waals surface area contributed by atoms with Crippen molar-refractivity contribution in [2.24, 2.45) is 0 Å². The van der Waals surface area contributed by atoms with Crippen LogP contribution in [0.4, 0.5) is 10.6 Å². The molecule has 22 heavy (non-hydrogen) atoms. The van der Waals surface area contributed by atoms with Gasteiger partial charge in [0, 0.05) is 12.5 Å². The second kappa shape index (κ2) is 6.83. The number of carbonyl (C=O) groups excluding carboxylic acids is 2. The Balaban J connectivity index is 2.62. The van der Waals surface area contributed by atoms with Crippen molar-refractivity contribution in [2.45, 2.75) is 33.2 Å². The Morgan fingerprint density at radius 2 is 2.00 bits per heavy atom. The Morgan fingerprint density at radius 3 is 2.55 bits per heavy atom. The van der Waals surface area contributed by atoms with E-state index < -0.39 is 34.8 Å². The standard InChI is InChI=1S/C13H18N4O5/c1-8-5-6-9(11(14-8)17(20)21)22-7-10(18)15-12(19)16-13(2,3)4/h5-6H,7H2,1-4H3,(H2,15,16,18,19). The van der Waals surface area contributed by atoms with Crippen molar-refractivity contribution in [3.63, 3.8) is 0 Å². The van der Waals surface area contributed by atoms with E-state index in [1.54, 1.807) is 27.7 Å². The summed E-state index contributed by atoms with van der Waals surface area (Å²) in [5.41, 5.74) is -0.0433. The number of carbonyl (C=O) groups is 2. The van der Waals surface area contributed by atoms with Crippen LogP contribution in [0, 0.1) is 17.0 Å². The summed E-state index contributed by atoms with van der Waals surface area (Å²) >= 11 is 0. The average molecular weight is 310 g/mol. The molecule has 0 aromatic carbocycles. The molecule has 120 valence electrons. The van der Waals surface area contributed by atoms with Crippen molar-refractivity contribution in [3.8, 4) is 5.75 Å². The van der Waals surface area contributed by atoms with Crippen LogP contribution in [-0.2, 0) is 4.79 Å². The van der Waals surface area contributed by atoms with Gasteiger partial charge in [0.15, 0.2) is 6.61 Å². The van der Waals surface area contributed by atoms with E-state index in [2.05, 4.69) is 15.6 Å². The number of rotatable bonds is 4. The van der Waals surface area contributed by atoms with Crippen LogP contribution in [-0.4, -0.2) is 34.0 Å². The molecule has 9 heteroatoms. The molecule has 1 heterocycles. The number of imide groups is 1. The maximum absolute atomic E-state index is 11.6. The van der Waals surface area contributed by atoms with Crippen molar-refractivity contribution in [3.05, 3.63) is 27.9 Å². The van der Waals surface area contributed by atoms with Crippen LogP contribution in [0.1, 0.15) is 26.5 Å². The highest BCUT2D eigenvalue weighted by Gasteiger charge is 2.20. The fourth-order valence-corrected chi connectivity index (χ4v) is 1.45. The molecule has 0 saturated heterocycles. The number of ether oxygens (including phenoxy) is 1. The average Bonchev–Trinajstić information content (AvgIpc) is 2.34. The molecule has 1 aromatic rings. The van der Waals surface area contributed by atoms with E-state index in [0.29, 0.717) is 5.69 Å². The predicted octanol–water partition coefficient (Wildman–Crippen LogP) is 1.30. The molecule has 0 aliphatic carbocycles. The Hall–Kier alpha value is -2.71. The summed E-state index contributed by atoms with van der Waals surface area (Å²) in [6.07, 6.45) is 0. The zero-order chi connectivity index (χ0) is 16.9. The molecule has 9 nitrogen and oxygen atoms in total. The topological polar surface area (TPSA) is 123 Å². The molecular weight excluding hydrogens is 292 g/mol. The largest absolute Gasteiger partial charge is 0.476 e. The molecule has 0 aliphatic rings. The van der Waals surface area contributed by atoms with Gasteiger partial charge in [-0.1, -0.05) is 0 Å². The van der Waals surface area contributed by atoms with Gasteiger partial charge in [-0.05, 0) is 42.8 Å². The second-order valence-corrected chi connectivity index (χ2v) is 5.57. The lowest BCUT2D eigenvalue weighted by atomic mass is 10.1. The number of aryl methyl sites for hydroxylation is 1. The van der Waals surface area contributed by atoms with Crippen LogP contribution in [0.5, 0.6) is 5.75 Å². The Labute approximate surface area is 127 Å². The molecule has 1 rings (SSSR count). The van der Waals surface area contributed by atoms with E-state index in [1.807, 2.05) is 0 Å². The lowest BCUT2D eigenvalue weighted by Crippen LogP contribution is -2.49. The minimum Gasteiger partial charge on any atom is -0.476 e. The summed E-state index contributed by atoms with van der Waals surface area (Å²) in [4.78, 5) is 36.9. The third-order valence-corrected chi connectivity index (χ3v) is 2.25. The zero-order valence-corrected chi connectivity index (χ0v) is 12.8. The van der Waals surface area contributed by atoms with Gasteiger partial charge >= 0.3 is 11.8 Å². The first-order valence-corrected chi connectivity index (χ1v) is 6.45. The maximum Gasteiger partial charge on any atom is 0.406 e. The second-order valence-electron chi connectivity index (χ2n) is 5.57. The van der Waals surface area contributed by atoms with Crippen LogP contribution in [0.25, 0.3) is 0 Å². The highest BCUT2D eigenvalue weighted by atomic mass is 16.6. The molecule has 0 bridgehead atoms. The molecule has 0 atom stereocenters. The van der Waals surface area contributed by atoms with Crippen molar-refractivity contribution < 1.29 is 19.2 Å². The number of nitro groups is 1. The molecule has 3 amide bonds. The molecule has 0 unspecified atom stereocenters. The molecule has 0 saturated carbocycles. The van der Waals surface area contributed by atoms with Crippen LogP contribution < -0.4 is 15.4 Å². The highest BCUT2D eigenvalue weighted by molar-refractivity contribution is 5.95. The Bertz CT molecular complexity index is 595. The highest BCUT2D eigenvalue weighted by Crippen LogP contribution is 2.24. The monoisotopic (exact) mass is 310 g/mol. The summed E-state index contributed by atoms with van der Waals surface area (Å²) in [6, 6.07) is 2.20. The zero-order valence-electron chi connectivity index (χ0n) is 12.8. The molecule has 0 radical (unpaired) electrons. The lowest BCUT2D eigenvalue weighted by molar-refractivity contribution is -0.390. The number of amides is 3. The van der Waals surface area contributed by atoms with E-state index in [1.165, 1.54) is 12.1 Å². The lowest BCUT2D eigenvalue weighted by Gasteiger charge is -2.20. The summed E-state index contributed by atoms with van der Waals surface area (Å²) in [7, 11) is 0. The smallest absolute Gasteiger partial charge is 0.406 e. The summed E-state index contributed by atoms with van der Waals surface area (Å²) < 4.78 is 5.05. The number of urea groups is 1. The summed E-state index contributed by atoms with van der Waals surface area (Å²) in [5.74, 6) is -1.34. The fraction of sp³-hybridized carbons (Fsp3) is 0.462. The van der Waals surface area contributed by atoms with Gasteiger partial charge in [-0.25, -0.2) is 4.79 Å². The molecule has 2 N–H and O–H groups in total. The third kappa shape index (κ3) is 5.73. The van der Waals surface area contributed by atoms with Gasteiger partial charge in [0.05, 0.1) is 0 Å². The molecule has 1 aromatic heterocycles. The van der Waals surface area contributed by atoms with Crippen LogP contribution >= 0.6 is 0 Å². The van der Waals surface area contributed by atoms with Gasteiger partial charge in [-0.15, -0.1) is 0 Å². The van der Waals surface area contributed by atoms with Crippen molar-refractivity contribution in [2.75, 3.05) is 6.61 Å². The van der Waals surface area contributed by atoms with Gasteiger partial charge in [-0.3, -0.25) is 10.1 Å². The van der Waals surface area contributed by atoms with E-state index in [0.717, 1.165) is 0 Å². The van der Waals surface area contributed by atoms with E-state index in [9.17, 15) is 19.7 Å². The van der Waals surface area contributed by atoms with Gasteiger partial charge in [-0.2, -0.15) is 0 Å². The summed E-state index contributed by atoms with van der Waals surface area (Å²) in [6.45, 7) is 6.34. The number of aromatic nitrogens is 1. The van der Waals surface area contributed by atoms with Crippen LogP contribution in [0.2, 0.25) is 0 Å². The minimum absolute atomic E-state index is 0.137. The van der Waals surface area contributed by atoms with Crippen LogP contribution in [0.3, 0.4) is 0 Å². The number of hydrogen-bond donors (Lipinski definition) is 2. The van der Waals surface area contributed by atoms with Gasteiger partial charge in [0.1, 0.15) is 5.69 Å². The molecule has 0 fully saturated rings. The number of nitrogens with one attached hydrogen (secondary N) is 2. The van der Waals surface area contributed by atoms with Crippen LogP contribution in [0.15, 0.2) is 12.1 Å². The quantitative estimate of drug-likeness (QED) is 0.638. The van der Waals surface area contributed by atoms with E-state index in [-0.39, 0.29) is 5.75 Å². The SMILES string of the molecule is Cc1ccc(OCC(=O)NC(=O)NC(C)(C)C)c([N+](=O)[O-])n1. The first-order valence-electron chi connectivity index (χ1n) is 6.45. The molecule has 0 spiro atoms. The predicted molar refractivity (Wildman–Crippen MR) is 77.6 cm³/mol. The van der Waals surface area contributed by atoms with E-state index >= 15 is 0 Å². The first-order chi connectivity index (χ1) is 10.1. The fourth-order valence-electron chi connectivity index (χ4n) is 1.45. The molecular formula is C13H18N4O5. The number of nitrogens with zero attached hydrogens (tertiary/aromatic N) is 2. The minimum atomic E-state index is -0.725. The van der Waals surface area contributed by atoms with Crippen molar-refractivity contribution >= 4 is 17.8 Å². The summed E-state index contributed by atoms with van der Waals surface area (Å²) in [5, 5.41) is 15.5. The molecule has 0 aliphatic heterocycles. The normalized spacial score (nSPS) is 10.7. The van der Waals surface area contributed by atoms with Gasteiger partial charge in [0.2, 0.25) is 5.75 Å². The van der Waals surface area contributed by atoms with Crippen molar-refractivity contribution in [1.29, 1.82) is 0 Å². The number of pyridine rings is 1. The third-order valence-electron chi connectivity index (χ3n) is 2.25. The number of hydrogen-bond acceptors (Lipinski definition) is 6. The Kier molecular flexibility index (Phi) is 5.39. The van der Waals surface area contributed by atoms with Gasteiger partial charge in [0.25, 0.3) is 5.91 Å². The van der Waals surface area contributed by atoms with E-state index in [4.69, 9.17) is 4.74 Å². The maximum atomic E-state index is 11.6. The van der Waals surface area contributed by atoms with Gasteiger partial charge < -0.3 is 20.2 Å². The van der Waals surface area contributed by atoms with Crippen molar-refractivity contribution in [1.82, 2.24) is 15.6 Å².